The summed E-state index contributed by atoms with van der Waals surface area (Å²) in [5.74, 6) is 2.55. The van der Waals surface area contributed by atoms with Crippen molar-refractivity contribution in [3.8, 4) is 11.5 Å². The van der Waals surface area contributed by atoms with Crippen LogP contribution in [0.5, 0.6) is 11.5 Å². The lowest BCUT2D eigenvalue weighted by Crippen LogP contribution is -1.99. The number of thiophene rings is 1. The Morgan fingerprint density at radius 1 is 1.13 bits per heavy atom. The molecule has 0 N–H and O–H groups in total. The third-order valence-corrected chi connectivity index (χ3v) is 5.13. The van der Waals surface area contributed by atoms with Gasteiger partial charge in [0.25, 0.3) is 0 Å². The molecule has 3 rings (SSSR count). The quantitative estimate of drug-likeness (QED) is 0.257. The minimum atomic E-state index is 0.522. The normalized spacial score (nSPS) is 10.9. The van der Waals surface area contributed by atoms with Gasteiger partial charge in [0, 0.05) is 11.1 Å². The monoisotopic (exact) mass is 366 g/mol. The van der Waals surface area contributed by atoms with Crippen molar-refractivity contribution in [1.29, 1.82) is 0 Å². The molecule has 0 radical (unpaired) electrons. The van der Waals surface area contributed by atoms with Gasteiger partial charge in [0.2, 0.25) is 0 Å². The van der Waals surface area contributed by atoms with Crippen LogP contribution < -0.4 is 9.47 Å². The molecule has 0 fully saturated rings. The van der Waals surface area contributed by atoms with Crippen molar-refractivity contribution >= 4 is 44.9 Å². The molecule has 0 unspecified atom stereocenters. The lowest BCUT2D eigenvalue weighted by molar-refractivity contribution is 0.318. The molecule has 23 heavy (non-hydrogen) atoms. The number of ether oxygens (including phenoxy) is 2. The SMILES string of the molecule is COc1ccc(OCCCSc2nc(Cl)c3ccsc3n2)cc1. The number of benzene rings is 1. The fourth-order valence-electron chi connectivity index (χ4n) is 1.95. The number of hydrogen-bond acceptors (Lipinski definition) is 6. The maximum Gasteiger partial charge on any atom is 0.190 e. The average Bonchev–Trinajstić information content (AvgIpc) is 3.04. The minimum absolute atomic E-state index is 0.522. The highest BCUT2D eigenvalue weighted by atomic mass is 35.5. The molecule has 0 spiro atoms. The van der Waals surface area contributed by atoms with Crippen molar-refractivity contribution in [3.63, 3.8) is 0 Å². The molecule has 0 aliphatic rings. The average molecular weight is 367 g/mol. The van der Waals surface area contributed by atoms with Crippen LogP contribution in [0, 0.1) is 0 Å². The van der Waals surface area contributed by atoms with Gasteiger partial charge in [-0.2, -0.15) is 0 Å². The minimum Gasteiger partial charge on any atom is -0.497 e. The van der Waals surface area contributed by atoms with Gasteiger partial charge in [-0.1, -0.05) is 23.4 Å². The lowest BCUT2D eigenvalue weighted by Gasteiger charge is -2.06. The van der Waals surface area contributed by atoms with E-state index in [4.69, 9.17) is 21.1 Å². The van der Waals surface area contributed by atoms with E-state index in [-0.39, 0.29) is 0 Å². The zero-order valence-electron chi connectivity index (χ0n) is 12.5. The van der Waals surface area contributed by atoms with Gasteiger partial charge in [0.05, 0.1) is 13.7 Å². The smallest absolute Gasteiger partial charge is 0.190 e. The summed E-state index contributed by atoms with van der Waals surface area (Å²) in [4.78, 5) is 9.75. The Balaban J connectivity index is 1.45. The zero-order valence-corrected chi connectivity index (χ0v) is 14.9. The number of aromatic nitrogens is 2. The topological polar surface area (TPSA) is 44.2 Å². The molecule has 0 aliphatic heterocycles. The Labute approximate surface area is 147 Å². The highest BCUT2D eigenvalue weighted by molar-refractivity contribution is 7.99. The number of rotatable bonds is 7. The molecule has 2 aromatic heterocycles. The second kappa shape index (κ2) is 7.86. The van der Waals surface area contributed by atoms with E-state index < -0.39 is 0 Å². The molecule has 120 valence electrons. The predicted molar refractivity (Wildman–Crippen MR) is 96.3 cm³/mol. The van der Waals surface area contributed by atoms with Gasteiger partial charge in [-0.25, -0.2) is 9.97 Å². The van der Waals surface area contributed by atoms with Gasteiger partial charge in [-0.3, -0.25) is 0 Å². The highest BCUT2D eigenvalue weighted by Gasteiger charge is 2.07. The first-order valence-corrected chi connectivity index (χ1v) is 9.31. The number of nitrogens with zero attached hydrogens (tertiary/aromatic N) is 2. The van der Waals surface area contributed by atoms with Gasteiger partial charge in [-0.15, -0.1) is 11.3 Å². The van der Waals surface area contributed by atoms with Crippen LogP contribution in [-0.4, -0.2) is 29.4 Å². The molecular weight excluding hydrogens is 352 g/mol. The molecule has 0 amide bonds. The van der Waals surface area contributed by atoms with Gasteiger partial charge >= 0.3 is 0 Å². The van der Waals surface area contributed by atoms with E-state index in [1.165, 1.54) is 0 Å². The van der Waals surface area contributed by atoms with E-state index in [0.29, 0.717) is 11.8 Å². The fraction of sp³-hybridized carbons (Fsp3) is 0.250. The molecule has 0 aliphatic carbocycles. The van der Waals surface area contributed by atoms with Crippen LogP contribution in [0.15, 0.2) is 40.9 Å². The van der Waals surface area contributed by atoms with Crippen LogP contribution in [0.1, 0.15) is 6.42 Å². The summed E-state index contributed by atoms with van der Waals surface area (Å²) in [6, 6.07) is 9.52. The van der Waals surface area contributed by atoms with Crippen LogP contribution in [0.25, 0.3) is 10.2 Å². The Morgan fingerprint density at radius 3 is 2.70 bits per heavy atom. The number of hydrogen-bond donors (Lipinski definition) is 0. The molecule has 3 aromatic rings. The third kappa shape index (κ3) is 4.28. The third-order valence-electron chi connectivity index (χ3n) is 3.11. The lowest BCUT2D eigenvalue weighted by atomic mass is 10.3. The van der Waals surface area contributed by atoms with Gasteiger partial charge in [0.1, 0.15) is 21.5 Å². The molecular formula is C16H15ClN2O2S2. The van der Waals surface area contributed by atoms with Crippen molar-refractivity contribution in [2.24, 2.45) is 0 Å². The van der Waals surface area contributed by atoms with Crippen LogP contribution in [0.3, 0.4) is 0 Å². The first-order chi connectivity index (χ1) is 11.3. The number of thioether (sulfide) groups is 1. The van der Waals surface area contributed by atoms with Crippen molar-refractivity contribution in [1.82, 2.24) is 9.97 Å². The summed E-state index contributed by atoms with van der Waals surface area (Å²) >= 11 is 9.33. The zero-order chi connectivity index (χ0) is 16.1. The maximum absolute atomic E-state index is 6.16. The highest BCUT2D eigenvalue weighted by Crippen LogP contribution is 2.28. The Bertz CT molecular complexity index is 777. The predicted octanol–water partition coefficient (Wildman–Crippen LogP) is 4.91. The summed E-state index contributed by atoms with van der Waals surface area (Å²) < 4.78 is 10.8. The summed E-state index contributed by atoms with van der Waals surface area (Å²) in [5, 5.41) is 4.13. The van der Waals surface area contributed by atoms with E-state index in [1.54, 1.807) is 30.2 Å². The maximum atomic E-state index is 6.16. The molecule has 2 heterocycles. The summed E-state index contributed by atoms with van der Waals surface area (Å²) in [6.45, 7) is 0.647. The van der Waals surface area contributed by atoms with Gasteiger partial charge < -0.3 is 9.47 Å². The molecule has 0 saturated heterocycles. The Kier molecular flexibility index (Phi) is 5.59. The molecule has 0 saturated carbocycles. The number of fused-ring (bicyclic) bond motifs is 1. The van der Waals surface area contributed by atoms with Crippen molar-refractivity contribution in [2.75, 3.05) is 19.5 Å². The number of methoxy groups -OCH3 is 1. The first kappa shape index (κ1) is 16.4. The van der Waals surface area contributed by atoms with Crippen molar-refractivity contribution in [3.05, 3.63) is 40.9 Å². The largest absolute Gasteiger partial charge is 0.497 e. The van der Waals surface area contributed by atoms with Crippen molar-refractivity contribution in [2.45, 2.75) is 11.6 Å². The van der Waals surface area contributed by atoms with Crippen LogP contribution in [0.2, 0.25) is 5.15 Å². The second-order valence-corrected chi connectivity index (χ2v) is 6.98. The van der Waals surface area contributed by atoms with Crippen LogP contribution in [0.4, 0.5) is 0 Å². The standard InChI is InChI=1S/C16H15ClN2O2S2/c1-20-11-3-5-12(6-4-11)21-8-2-9-23-16-18-14(17)13-7-10-22-15(13)19-16/h3-7,10H,2,8-9H2,1H3. The summed E-state index contributed by atoms with van der Waals surface area (Å²) in [7, 11) is 1.65. The molecule has 4 nitrogen and oxygen atoms in total. The van der Waals surface area contributed by atoms with E-state index >= 15 is 0 Å². The summed E-state index contributed by atoms with van der Waals surface area (Å²) in [6.07, 6.45) is 0.903. The van der Waals surface area contributed by atoms with Crippen molar-refractivity contribution < 1.29 is 9.47 Å². The van der Waals surface area contributed by atoms with Crippen LogP contribution >= 0.6 is 34.7 Å². The van der Waals surface area contributed by atoms with Gasteiger partial charge in [0.15, 0.2) is 5.16 Å². The molecule has 1 aromatic carbocycles. The second-order valence-electron chi connectivity index (χ2n) is 4.66. The molecule has 0 atom stereocenters. The Morgan fingerprint density at radius 2 is 1.91 bits per heavy atom. The van der Waals surface area contributed by atoms with E-state index in [2.05, 4.69) is 9.97 Å². The van der Waals surface area contributed by atoms with Gasteiger partial charge in [-0.05, 0) is 42.1 Å². The first-order valence-electron chi connectivity index (χ1n) is 7.06. The fourth-order valence-corrected chi connectivity index (χ4v) is 3.87. The number of halogens is 1. The van der Waals surface area contributed by atoms with Crippen LogP contribution in [-0.2, 0) is 0 Å². The van der Waals surface area contributed by atoms with E-state index in [9.17, 15) is 0 Å². The van der Waals surface area contributed by atoms with E-state index in [1.807, 2.05) is 35.7 Å². The Hall–Kier alpha value is -1.50. The molecule has 0 bridgehead atoms. The summed E-state index contributed by atoms with van der Waals surface area (Å²) in [5.41, 5.74) is 0. The van der Waals surface area contributed by atoms with E-state index in [0.717, 1.165) is 39.0 Å². The molecule has 7 heteroatoms.